The Morgan fingerprint density at radius 3 is 2.45 bits per heavy atom. The highest BCUT2D eigenvalue weighted by Crippen LogP contribution is 2.41. The van der Waals surface area contributed by atoms with Gasteiger partial charge in [-0.05, 0) is 57.6 Å². The normalized spacial score (nSPS) is 31.8. The molecular weight excluding hydrogens is 272 g/mol. The number of benzene rings is 1. The molecule has 1 N–H and O–H groups in total. The second-order valence-electron chi connectivity index (χ2n) is 7.43. The third-order valence-electron chi connectivity index (χ3n) is 5.62. The van der Waals surface area contributed by atoms with Gasteiger partial charge in [0.15, 0.2) is 0 Å². The smallest absolute Gasteiger partial charge is 0.251 e. The van der Waals surface area contributed by atoms with Gasteiger partial charge in [-0.25, -0.2) is 0 Å². The molecule has 3 nitrogen and oxygen atoms in total. The summed E-state index contributed by atoms with van der Waals surface area (Å²) in [5.74, 6) is 0.103. The first-order chi connectivity index (χ1) is 10.7. The van der Waals surface area contributed by atoms with Gasteiger partial charge in [0.25, 0.3) is 5.91 Å². The molecule has 1 amide bonds. The fourth-order valence-electron chi connectivity index (χ4n) is 4.56. The summed E-state index contributed by atoms with van der Waals surface area (Å²) in [6.07, 6.45) is 9.10. The number of fused-ring (bicyclic) bond motifs is 2. The molecule has 1 aromatic rings. The van der Waals surface area contributed by atoms with Gasteiger partial charge in [-0.3, -0.25) is 9.69 Å². The number of rotatable bonds is 3. The van der Waals surface area contributed by atoms with Gasteiger partial charge >= 0.3 is 0 Å². The molecular formula is C19H26N2O. The number of nitrogens with one attached hydrogen (secondary N) is 1. The van der Waals surface area contributed by atoms with Crippen molar-refractivity contribution < 1.29 is 4.79 Å². The first-order valence-electron chi connectivity index (χ1n) is 8.85. The van der Waals surface area contributed by atoms with Crippen LogP contribution in [-0.4, -0.2) is 35.0 Å². The standard InChI is InChI=1S/C19H26N2O/c1-13-4-2-5-14(10-13)19(22)20-15-11-17-6-3-7-18(12-15)21(17)16-8-9-16/h2,4-5,10,15-18H,3,6-9,11-12H2,1H3,(H,20,22)/t15?,17-,18+. The van der Waals surface area contributed by atoms with Crippen molar-refractivity contribution in [1.82, 2.24) is 10.2 Å². The van der Waals surface area contributed by atoms with Crippen LogP contribution in [0.4, 0.5) is 0 Å². The number of aryl methyl sites for hydroxylation is 1. The molecule has 118 valence electrons. The monoisotopic (exact) mass is 298 g/mol. The molecule has 2 bridgehead atoms. The molecule has 1 saturated carbocycles. The molecule has 2 heterocycles. The predicted molar refractivity (Wildman–Crippen MR) is 88.0 cm³/mol. The number of hydrogen-bond donors (Lipinski definition) is 1. The van der Waals surface area contributed by atoms with Gasteiger partial charge in [-0.1, -0.05) is 24.1 Å². The summed E-state index contributed by atoms with van der Waals surface area (Å²) in [4.78, 5) is 15.3. The highest BCUT2D eigenvalue weighted by Gasteiger charge is 2.45. The van der Waals surface area contributed by atoms with E-state index in [0.717, 1.165) is 30.0 Å². The molecule has 0 spiro atoms. The van der Waals surface area contributed by atoms with E-state index in [-0.39, 0.29) is 5.91 Å². The van der Waals surface area contributed by atoms with E-state index in [1.54, 1.807) is 0 Å². The summed E-state index contributed by atoms with van der Waals surface area (Å²) >= 11 is 0. The summed E-state index contributed by atoms with van der Waals surface area (Å²) < 4.78 is 0. The molecule has 22 heavy (non-hydrogen) atoms. The summed E-state index contributed by atoms with van der Waals surface area (Å²) in [7, 11) is 0. The van der Waals surface area contributed by atoms with Gasteiger partial charge in [-0.15, -0.1) is 0 Å². The van der Waals surface area contributed by atoms with E-state index in [0.29, 0.717) is 18.1 Å². The van der Waals surface area contributed by atoms with E-state index < -0.39 is 0 Å². The predicted octanol–water partition coefficient (Wildman–Crippen LogP) is 3.27. The van der Waals surface area contributed by atoms with Crippen molar-refractivity contribution in [1.29, 1.82) is 0 Å². The Balaban J connectivity index is 1.43. The quantitative estimate of drug-likeness (QED) is 0.929. The first-order valence-corrected chi connectivity index (χ1v) is 8.85. The fourth-order valence-corrected chi connectivity index (χ4v) is 4.56. The maximum Gasteiger partial charge on any atom is 0.251 e. The zero-order valence-corrected chi connectivity index (χ0v) is 13.4. The van der Waals surface area contributed by atoms with Gasteiger partial charge in [0.05, 0.1) is 0 Å². The van der Waals surface area contributed by atoms with E-state index in [1.165, 1.54) is 32.1 Å². The van der Waals surface area contributed by atoms with Gasteiger partial charge in [0.2, 0.25) is 0 Å². The second kappa shape index (κ2) is 5.69. The fraction of sp³-hybridized carbons (Fsp3) is 0.632. The zero-order valence-electron chi connectivity index (χ0n) is 13.4. The Morgan fingerprint density at radius 2 is 1.82 bits per heavy atom. The van der Waals surface area contributed by atoms with Crippen molar-refractivity contribution in [2.75, 3.05) is 0 Å². The molecule has 0 radical (unpaired) electrons. The lowest BCUT2D eigenvalue weighted by atomic mass is 9.81. The minimum absolute atomic E-state index is 0.103. The van der Waals surface area contributed by atoms with Crippen LogP contribution in [0, 0.1) is 6.92 Å². The molecule has 2 saturated heterocycles. The SMILES string of the molecule is Cc1cccc(C(=O)NC2C[C@H]3CCC[C@@H](C2)N3C2CC2)c1. The van der Waals surface area contributed by atoms with Gasteiger partial charge in [-0.2, -0.15) is 0 Å². The molecule has 1 aromatic carbocycles. The van der Waals surface area contributed by atoms with Gasteiger partial charge in [0.1, 0.15) is 0 Å². The van der Waals surface area contributed by atoms with E-state index in [4.69, 9.17) is 0 Å². The molecule has 0 aromatic heterocycles. The van der Waals surface area contributed by atoms with Crippen LogP contribution < -0.4 is 5.32 Å². The van der Waals surface area contributed by atoms with E-state index >= 15 is 0 Å². The molecule has 3 aliphatic rings. The summed E-state index contributed by atoms with van der Waals surface area (Å²) in [5, 5.41) is 3.31. The Hall–Kier alpha value is -1.35. The maximum absolute atomic E-state index is 12.5. The summed E-state index contributed by atoms with van der Waals surface area (Å²) in [6, 6.07) is 10.6. The van der Waals surface area contributed by atoms with Crippen LogP contribution in [0.2, 0.25) is 0 Å². The minimum atomic E-state index is 0.103. The topological polar surface area (TPSA) is 32.3 Å². The van der Waals surface area contributed by atoms with Crippen LogP contribution in [0.5, 0.6) is 0 Å². The van der Waals surface area contributed by atoms with E-state index in [2.05, 4.69) is 10.2 Å². The Morgan fingerprint density at radius 1 is 1.09 bits per heavy atom. The van der Waals surface area contributed by atoms with E-state index in [1.807, 2.05) is 31.2 Å². The van der Waals surface area contributed by atoms with Crippen molar-refractivity contribution in [2.24, 2.45) is 0 Å². The van der Waals surface area contributed by atoms with Crippen LogP contribution in [0.3, 0.4) is 0 Å². The highest BCUT2D eigenvalue weighted by atomic mass is 16.1. The zero-order chi connectivity index (χ0) is 15.1. The van der Waals surface area contributed by atoms with Crippen molar-refractivity contribution in [3.05, 3.63) is 35.4 Å². The van der Waals surface area contributed by atoms with Crippen molar-refractivity contribution in [2.45, 2.75) is 76.0 Å². The third kappa shape index (κ3) is 2.79. The molecule has 1 unspecified atom stereocenters. The van der Waals surface area contributed by atoms with Crippen LogP contribution >= 0.6 is 0 Å². The van der Waals surface area contributed by atoms with Crippen molar-refractivity contribution in [3.63, 3.8) is 0 Å². The number of carbonyl (C=O) groups excluding carboxylic acids is 1. The molecule has 2 aliphatic heterocycles. The Labute approximate surface area is 133 Å². The van der Waals surface area contributed by atoms with Crippen LogP contribution in [-0.2, 0) is 0 Å². The maximum atomic E-state index is 12.5. The van der Waals surface area contributed by atoms with E-state index in [9.17, 15) is 4.79 Å². The number of amides is 1. The Kier molecular flexibility index (Phi) is 3.69. The number of hydrogen-bond acceptors (Lipinski definition) is 2. The molecule has 3 heteroatoms. The van der Waals surface area contributed by atoms with Crippen LogP contribution in [0.25, 0.3) is 0 Å². The van der Waals surface area contributed by atoms with Gasteiger partial charge in [0, 0.05) is 29.7 Å². The Bertz CT molecular complexity index is 552. The summed E-state index contributed by atoms with van der Waals surface area (Å²) in [6.45, 7) is 2.04. The van der Waals surface area contributed by atoms with Crippen molar-refractivity contribution in [3.8, 4) is 0 Å². The van der Waals surface area contributed by atoms with Gasteiger partial charge < -0.3 is 5.32 Å². The number of carbonyl (C=O) groups is 1. The molecule has 3 fully saturated rings. The average molecular weight is 298 g/mol. The van der Waals surface area contributed by atoms with Crippen molar-refractivity contribution >= 4 is 5.91 Å². The minimum Gasteiger partial charge on any atom is -0.349 e. The lowest BCUT2D eigenvalue weighted by molar-refractivity contribution is 0.0175. The average Bonchev–Trinajstić information content (AvgIpc) is 3.31. The second-order valence-corrected chi connectivity index (χ2v) is 7.43. The molecule has 4 rings (SSSR count). The van der Waals surface area contributed by atoms with Crippen LogP contribution in [0.1, 0.15) is 60.9 Å². The molecule has 3 atom stereocenters. The lowest BCUT2D eigenvalue weighted by Crippen LogP contribution is -2.57. The first kappa shape index (κ1) is 14.3. The number of nitrogens with zero attached hydrogens (tertiary/aromatic N) is 1. The lowest BCUT2D eigenvalue weighted by Gasteiger charge is -2.49. The highest BCUT2D eigenvalue weighted by molar-refractivity contribution is 5.94. The largest absolute Gasteiger partial charge is 0.349 e. The van der Waals surface area contributed by atoms with Crippen LogP contribution in [0.15, 0.2) is 24.3 Å². The third-order valence-corrected chi connectivity index (χ3v) is 5.62. The molecule has 1 aliphatic carbocycles. The summed E-state index contributed by atoms with van der Waals surface area (Å²) in [5.41, 5.74) is 1.95. The number of piperidine rings is 2.